The molecular weight excluding hydrogens is 382 g/mol. The molecule has 2 aromatic rings. The normalized spacial score (nSPS) is 19.0. The van der Waals surface area contributed by atoms with Gasteiger partial charge < -0.3 is 21.1 Å². The van der Waals surface area contributed by atoms with Gasteiger partial charge >= 0.3 is 5.97 Å². The average molecular weight is 409 g/mol. The molecule has 0 fully saturated rings. The first-order valence-corrected chi connectivity index (χ1v) is 10.1. The molecule has 158 valence electrons. The number of rotatable bonds is 7. The van der Waals surface area contributed by atoms with Crippen LogP contribution < -0.4 is 16.0 Å². The van der Waals surface area contributed by atoms with E-state index in [9.17, 15) is 14.4 Å². The summed E-state index contributed by atoms with van der Waals surface area (Å²) in [7, 11) is 0. The van der Waals surface area contributed by atoms with Crippen LogP contribution in [0.2, 0.25) is 0 Å². The summed E-state index contributed by atoms with van der Waals surface area (Å²) in [6.07, 6.45) is 0.978. The highest BCUT2D eigenvalue weighted by Gasteiger charge is 2.32. The van der Waals surface area contributed by atoms with Gasteiger partial charge in [-0.25, -0.2) is 0 Å². The molecule has 4 N–H and O–H groups in total. The van der Waals surface area contributed by atoms with Crippen molar-refractivity contribution in [2.24, 2.45) is 5.73 Å². The molecule has 0 radical (unpaired) electrons. The summed E-state index contributed by atoms with van der Waals surface area (Å²) in [6, 6.07) is 13.7. The quantitative estimate of drug-likeness (QED) is 0.605. The number of anilines is 2. The van der Waals surface area contributed by atoms with E-state index in [1.54, 1.807) is 24.3 Å². The minimum atomic E-state index is -1.20. The third kappa shape index (κ3) is 4.52. The molecule has 7 nitrogen and oxygen atoms in total. The van der Waals surface area contributed by atoms with E-state index in [4.69, 9.17) is 10.8 Å². The number of hydrogen-bond acceptors (Lipinski definition) is 5. The minimum Gasteiger partial charge on any atom is -0.480 e. The fraction of sp³-hybridized carbons (Fsp3) is 0.348. The average Bonchev–Trinajstić information content (AvgIpc) is 2.73. The van der Waals surface area contributed by atoms with Gasteiger partial charge in [0.15, 0.2) is 5.78 Å². The number of carboxylic acids is 1. The molecule has 1 aliphatic heterocycles. The Kier molecular flexibility index (Phi) is 6.52. The zero-order valence-electron chi connectivity index (χ0n) is 17.2. The molecule has 0 aromatic heterocycles. The second-order valence-electron chi connectivity index (χ2n) is 7.61. The monoisotopic (exact) mass is 409 g/mol. The van der Waals surface area contributed by atoms with Crippen LogP contribution in [0.4, 0.5) is 11.4 Å². The molecule has 0 saturated heterocycles. The molecule has 0 aliphatic carbocycles. The molecule has 3 rings (SSSR count). The molecule has 1 amide bonds. The van der Waals surface area contributed by atoms with Crippen molar-refractivity contribution in [3.63, 3.8) is 0 Å². The SMILES string of the molecule is CCC(=O)N1c2ccccc2[C@H](Nc2ccc(C(=O)CC(N)C(=O)O)cc2)C[C@@H]1C. The Hall–Kier alpha value is -3.19. The number of carbonyl (C=O) groups is 3. The van der Waals surface area contributed by atoms with Gasteiger partial charge in [-0.2, -0.15) is 0 Å². The maximum atomic E-state index is 12.5. The van der Waals surface area contributed by atoms with Crippen molar-refractivity contribution in [3.05, 3.63) is 59.7 Å². The number of aliphatic carboxylic acids is 1. The predicted molar refractivity (Wildman–Crippen MR) is 116 cm³/mol. The number of nitrogens with two attached hydrogens (primary N) is 1. The summed E-state index contributed by atoms with van der Waals surface area (Å²) in [4.78, 5) is 37.4. The van der Waals surface area contributed by atoms with E-state index in [1.165, 1.54) is 0 Å². The largest absolute Gasteiger partial charge is 0.480 e. The Morgan fingerprint density at radius 2 is 1.83 bits per heavy atom. The first kappa shape index (κ1) is 21.5. The first-order chi connectivity index (χ1) is 14.3. The van der Waals surface area contributed by atoms with Gasteiger partial charge in [0.25, 0.3) is 0 Å². The van der Waals surface area contributed by atoms with E-state index in [0.29, 0.717) is 12.0 Å². The third-order valence-corrected chi connectivity index (χ3v) is 5.43. The van der Waals surface area contributed by atoms with E-state index in [1.807, 2.05) is 43.0 Å². The van der Waals surface area contributed by atoms with Crippen LogP contribution in [-0.4, -0.2) is 34.8 Å². The fourth-order valence-corrected chi connectivity index (χ4v) is 3.86. The van der Waals surface area contributed by atoms with Gasteiger partial charge in [-0.3, -0.25) is 14.4 Å². The highest BCUT2D eigenvalue weighted by Crippen LogP contribution is 2.39. The lowest BCUT2D eigenvalue weighted by atomic mass is 9.91. The third-order valence-electron chi connectivity index (χ3n) is 5.43. The molecule has 1 aliphatic rings. The fourth-order valence-electron chi connectivity index (χ4n) is 3.86. The predicted octanol–water partition coefficient (Wildman–Crippen LogP) is 3.36. The van der Waals surface area contributed by atoms with Gasteiger partial charge in [0, 0.05) is 35.8 Å². The van der Waals surface area contributed by atoms with Gasteiger partial charge in [0.1, 0.15) is 6.04 Å². The van der Waals surface area contributed by atoms with Gasteiger partial charge in [0.2, 0.25) is 5.91 Å². The number of carbonyl (C=O) groups excluding carboxylic acids is 2. The van der Waals surface area contributed by atoms with Crippen molar-refractivity contribution in [1.29, 1.82) is 0 Å². The Morgan fingerprint density at radius 1 is 1.17 bits per heavy atom. The number of nitrogens with zero attached hydrogens (tertiary/aromatic N) is 1. The standard InChI is InChI=1S/C23H27N3O4/c1-3-22(28)26-14(2)12-19(17-6-4-5-7-20(17)26)25-16-10-8-15(9-11-16)21(27)13-18(24)23(29)30/h4-11,14,18-19,25H,3,12-13,24H2,1-2H3,(H,29,30)/t14-,18?,19+/m0/s1. The van der Waals surface area contributed by atoms with Crippen LogP contribution in [0.3, 0.4) is 0 Å². The molecule has 0 spiro atoms. The zero-order valence-corrected chi connectivity index (χ0v) is 17.2. The molecular formula is C23H27N3O4. The Bertz CT molecular complexity index is 942. The Balaban J connectivity index is 1.77. The van der Waals surface area contributed by atoms with E-state index in [2.05, 4.69) is 5.32 Å². The number of ketones is 1. The summed E-state index contributed by atoms with van der Waals surface area (Å²) in [5, 5.41) is 12.4. The van der Waals surface area contributed by atoms with E-state index >= 15 is 0 Å². The number of carboxylic acid groups (broad SMARTS) is 1. The molecule has 2 aromatic carbocycles. The summed E-state index contributed by atoms with van der Waals surface area (Å²) in [5.74, 6) is -1.39. The van der Waals surface area contributed by atoms with E-state index in [0.717, 1.165) is 23.4 Å². The maximum absolute atomic E-state index is 12.5. The summed E-state index contributed by atoms with van der Waals surface area (Å²) in [5.41, 5.74) is 8.70. The van der Waals surface area contributed by atoms with Crippen LogP contribution in [0.5, 0.6) is 0 Å². The zero-order chi connectivity index (χ0) is 21.8. The first-order valence-electron chi connectivity index (χ1n) is 10.1. The lowest BCUT2D eigenvalue weighted by Gasteiger charge is -2.40. The minimum absolute atomic E-state index is 0.0269. The highest BCUT2D eigenvalue weighted by atomic mass is 16.4. The maximum Gasteiger partial charge on any atom is 0.320 e. The lowest BCUT2D eigenvalue weighted by Crippen LogP contribution is -2.44. The number of fused-ring (bicyclic) bond motifs is 1. The molecule has 3 atom stereocenters. The summed E-state index contributed by atoms with van der Waals surface area (Å²) >= 11 is 0. The molecule has 0 bridgehead atoms. The number of para-hydroxylation sites is 1. The van der Waals surface area contributed by atoms with Gasteiger partial charge in [-0.1, -0.05) is 25.1 Å². The number of amides is 1. The lowest BCUT2D eigenvalue weighted by molar-refractivity contribution is -0.138. The van der Waals surface area contributed by atoms with Gasteiger partial charge in [-0.05, 0) is 49.2 Å². The summed E-state index contributed by atoms with van der Waals surface area (Å²) in [6.45, 7) is 3.92. The molecule has 0 saturated carbocycles. The van der Waals surface area contributed by atoms with Crippen molar-refractivity contribution in [1.82, 2.24) is 0 Å². The van der Waals surface area contributed by atoms with Gasteiger partial charge in [0.05, 0.1) is 6.04 Å². The molecule has 1 heterocycles. The number of nitrogens with one attached hydrogen (secondary N) is 1. The van der Waals surface area contributed by atoms with Crippen LogP contribution in [-0.2, 0) is 9.59 Å². The smallest absolute Gasteiger partial charge is 0.320 e. The second kappa shape index (κ2) is 9.09. The number of benzene rings is 2. The Morgan fingerprint density at radius 3 is 2.47 bits per heavy atom. The summed E-state index contributed by atoms with van der Waals surface area (Å²) < 4.78 is 0. The number of hydrogen-bond donors (Lipinski definition) is 3. The second-order valence-corrected chi connectivity index (χ2v) is 7.61. The van der Waals surface area contributed by atoms with E-state index in [-0.39, 0.29) is 30.2 Å². The van der Waals surface area contributed by atoms with Crippen molar-refractivity contribution in [3.8, 4) is 0 Å². The molecule has 1 unspecified atom stereocenters. The van der Waals surface area contributed by atoms with Crippen molar-refractivity contribution in [2.75, 3.05) is 10.2 Å². The van der Waals surface area contributed by atoms with Crippen molar-refractivity contribution >= 4 is 29.0 Å². The van der Waals surface area contributed by atoms with Crippen LogP contribution in [0.15, 0.2) is 48.5 Å². The highest BCUT2D eigenvalue weighted by molar-refractivity contribution is 5.99. The van der Waals surface area contributed by atoms with Crippen LogP contribution in [0, 0.1) is 0 Å². The van der Waals surface area contributed by atoms with Crippen LogP contribution in [0.25, 0.3) is 0 Å². The van der Waals surface area contributed by atoms with Gasteiger partial charge in [-0.15, -0.1) is 0 Å². The van der Waals surface area contributed by atoms with Crippen molar-refractivity contribution < 1.29 is 19.5 Å². The van der Waals surface area contributed by atoms with Crippen LogP contribution in [0.1, 0.15) is 55.1 Å². The number of Topliss-reactive ketones (excluding diaryl/α,β-unsaturated/α-hetero) is 1. The van der Waals surface area contributed by atoms with E-state index < -0.39 is 12.0 Å². The van der Waals surface area contributed by atoms with Crippen molar-refractivity contribution in [2.45, 2.75) is 51.2 Å². The topological polar surface area (TPSA) is 113 Å². The Labute approximate surface area is 175 Å². The molecule has 30 heavy (non-hydrogen) atoms. The molecule has 7 heteroatoms. The van der Waals surface area contributed by atoms with Crippen LogP contribution >= 0.6 is 0 Å².